The highest BCUT2D eigenvalue weighted by Gasteiger charge is 1.83. The average Bonchev–Trinajstić information content (AvgIpc) is 2.02. The van der Waals surface area contributed by atoms with E-state index in [-0.39, 0.29) is 0 Å². The van der Waals surface area contributed by atoms with Crippen molar-refractivity contribution < 1.29 is 2.82 Å². The molecule has 4 heteroatoms. The maximum Gasteiger partial charge on any atom is 0.122 e. The van der Waals surface area contributed by atoms with Crippen molar-refractivity contribution in [1.82, 2.24) is 10.6 Å². The zero-order valence-electron chi connectivity index (χ0n) is 8.29. The third-order valence-electron chi connectivity index (χ3n) is 0.991. The molecule has 0 radical (unpaired) electrons. The van der Waals surface area contributed by atoms with Gasteiger partial charge in [-0.25, -0.2) is 0 Å². The molecule has 0 aliphatic heterocycles. The molecule has 0 amide bonds. The molecule has 0 saturated heterocycles. The van der Waals surface area contributed by atoms with Gasteiger partial charge in [0, 0.05) is 39.3 Å². The van der Waals surface area contributed by atoms with Crippen LogP contribution in [0.4, 0.5) is 0 Å². The first kappa shape index (κ1) is 6.54. The summed E-state index contributed by atoms with van der Waals surface area (Å²) in [6, 6.07) is 0. The second-order valence-corrected chi connectivity index (χ2v) is 1.92. The zero-order chi connectivity index (χ0) is 9.40. The van der Waals surface area contributed by atoms with Gasteiger partial charge in [-0.15, -0.1) is 0 Å². The van der Waals surface area contributed by atoms with E-state index in [2.05, 4.69) is 0 Å². The molecule has 62 valence electrons. The molecular formula is C6H18N4. The van der Waals surface area contributed by atoms with Crippen molar-refractivity contribution in [2.45, 2.75) is 0 Å². The van der Waals surface area contributed by atoms with Crippen molar-refractivity contribution in [3.8, 4) is 0 Å². The summed E-state index contributed by atoms with van der Waals surface area (Å²) in [5, 5.41) is 2.72. The molecule has 0 aliphatic carbocycles. The van der Waals surface area contributed by atoms with Gasteiger partial charge in [0.05, 0.1) is 0 Å². The van der Waals surface area contributed by atoms with E-state index in [1.165, 1.54) is 10.6 Å². The molecule has 0 saturated carbocycles. The Morgan fingerprint density at radius 1 is 0.900 bits per heavy atom. The van der Waals surface area contributed by atoms with Crippen LogP contribution in [0.5, 0.6) is 0 Å². The fourth-order valence-electron chi connectivity index (χ4n) is 0.548. The maximum atomic E-state index is 7.31. The minimum Gasteiger partial charge on any atom is -0.329 e. The molecule has 6 N–H and O–H groups in total. The molecule has 0 aromatic carbocycles. The van der Waals surface area contributed by atoms with Gasteiger partial charge < -0.3 is 22.1 Å². The highest BCUT2D eigenvalue weighted by atomic mass is 14.9. The van der Waals surface area contributed by atoms with E-state index in [9.17, 15) is 0 Å². The molecule has 0 rings (SSSR count). The number of nitrogens with two attached hydrogens (primary N) is 2. The maximum absolute atomic E-state index is 7.31. The van der Waals surface area contributed by atoms with Crippen LogP contribution in [0.2, 0.25) is 2.82 Å². The lowest BCUT2D eigenvalue weighted by Gasteiger charge is -2.03. The summed E-state index contributed by atoms with van der Waals surface area (Å²) in [5.74, 6) is 0. The molecule has 0 spiro atoms. The standard InChI is InChI=1S/C6H18N4/c7-1-3-9-5-6-10-4-2-8/h9-10H,1-8H2/i/hD2. The Labute approximate surface area is 65.3 Å². The smallest absolute Gasteiger partial charge is 0.122 e. The Morgan fingerprint density at radius 2 is 1.30 bits per heavy atom. The first-order chi connectivity index (χ1) is 5.70. The summed E-state index contributed by atoms with van der Waals surface area (Å²) in [4.78, 5) is 0. The highest BCUT2D eigenvalue weighted by molar-refractivity contribution is 4.51. The quantitative estimate of drug-likeness (QED) is 0.339. The van der Waals surface area contributed by atoms with Crippen LogP contribution in [0, 0.1) is 0 Å². The predicted molar refractivity (Wildman–Crippen MR) is 43.8 cm³/mol. The van der Waals surface area contributed by atoms with Gasteiger partial charge in [0.2, 0.25) is 0 Å². The van der Waals surface area contributed by atoms with E-state index >= 15 is 0 Å². The van der Waals surface area contributed by atoms with E-state index in [4.69, 9.17) is 14.3 Å². The normalized spacial score (nSPS) is 14.0. The van der Waals surface area contributed by atoms with Crippen LogP contribution in [-0.4, -0.2) is 39.3 Å². The number of hydrogen-bond donors (Lipinski definition) is 4. The van der Waals surface area contributed by atoms with Gasteiger partial charge in [0.1, 0.15) is 2.82 Å². The van der Waals surface area contributed by atoms with Gasteiger partial charge in [0.15, 0.2) is 0 Å². The first-order valence-electron chi connectivity index (χ1n) is 4.48. The molecule has 0 aromatic heterocycles. The first-order valence-corrected chi connectivity index (χ1v) is 3.58. The van der Waals surface area contributed by atoms with Crippen LogP contribution in [-0.2, 0) is 0 Å². The van der Waals surface area contributed by atoms with Crippen LogP contribution < -0.4 is 22.1 Å². The van der Waals surface area contributed by atoms with Gasteiger partial charge in [-0.2, -0.15) is 0 Å². The summed E-state index contributed by atoms with van der Waals surface area (Å²) in [5.41, 5.74) is 10.5. The summed E-state index contributed by atoms with van der Waals surface area (Å²) < 4.78 is 14.6. The molecule has 0 atom stereocenters. The van der Waals surface area contributed by atoms with Gasteiger partial charge >= 0.3 is 0 Å². The van der Waals surface area contributed by atoms with Crippen LogP contribution in [0.1, 0.15) is 0 Å². The van der Waals surface area contributed by atoms with E-state index in [0.29, 0.717) is 39.3 Å². The van der Waals surface area contributed by atoms with E-state index < -0.39 is 0 Å². The molecule has 0 fully saturated rings. The van der Waals surface area contributed by atoms with Gasteiger partial charge in [-0.3, -0.25) is 0 Å². The summed E-state index contributed by atoms with van der Waals surface area (Å²) in [7, 11) is 0. The molecule has 4 nitrogen and oxygen atoms in total. The van der Waals surface area contributed by atoms with Crippen LogP contribution in [0.25, 0.3) is 0 Å². The van der Waals surface area contributed by atoms with E-state index in [1.807, 2.05) is 0 Å². The minimum absolute atomic E-state index is 0.485. The number of hydrogen-bond acceptors (Lipinski definition) is 4. The van der Waals surface area contributed by atoms with Crippen LogP contribution >= 0.6 is 0 Å². The van der Waals surface area contributed by atoms with Gasteiger partial charge in [-0.1, -0.05) is 0 Å². The third kappa shape index (κ3) is 7.84. The topological polar surface area (TPSA) is 76.1 Å². The molecule has 0 bridgehead atoms. The highest BCUT2D eigenvalue weighted by Crippen LogP contribution is 1.57. The lowest BCUT2D eigenvalue weighted by Crippen LogP contribution is -2.32. The molecular weight excluding hydrogens is 128 g/mol. The summed E-state index contributed by atoms with van der Waals surface area (Å²) in [6.45, 7) is 3.16. The zero-order valence-corrected chi connectivity index (χ0v) is 6.29. The van der Waals surface area contributed by atoms with Crippen molar-refractivity contribution in [3.05, 3.63) is 0 Å². The number of nitrogens with one attached hydrogen (secondary N) is 2. The molecule has 0 aromatic rings. The Bertz CT molecular complexity index is 91.5. The number of rotatable bonds is 7. The Hall–Kier alpha value is -0.160. The third-order valence-corrected chi connectivity index (χ3v) is 0.991. The molecule has 0 unspecified atom stereocenters. The van der Waals surface area contributed by atoms with Gasteiger partial charge in [-0.05, 0) is 0 Å². The molecule has 0 aliphatic rings. The lowest BCUT2D eigenvalue weighted by molar-refractivity contribution is 0.618. The molecule has 0 heterocycles. The fourth-order valence-corrected chi connectivity index (χ4v) is 0.548. The second kappa shape index (κ2) is 8.84. The average molecular weight is 148 g/mol. The monoisotopic (exact) mass is 148 g/mol. The molecule has 10 heavy (non-hydrogen) atoms. The predicted octanol–water partition coefficient (Wildman–Crippen LogP) is -1.92. The fraction of sp³-hybridized carbons (Fsp3) is 1.00. The van der Waals surface area contributed by atoms with Crippen molar-refractivity contribution >= 4 is 0 Å². The minimum atomic E-state index is 0.485. The van der Waals surface area contributed by atoms with Crippen LogP contribution in [0.15, 0.2) is 0 Å². The van der Waals surface area contributed by atoms with Crippen molar-refractivity contribution in [1.29, 1.82) is 0 Å². The Morgan fingerprint density at radius 3 is 1.60 bits per heavy atom. The van der Waals surface area contributed by atoms with E-state index in [1.54, 1.807) is 0 Å². The Balaban J connectivity index is 3.27. The SMILES string of the molecule is [2H]N(CCN)CCN([2H])CCN. The van der Waals surface area contributed by atoms with Crippen LogP contribution in [0.3, 0.4) is 0 Å². The largest absolute Gasteiger partial charge is 0.329 e. The van der Waals surface area contributed by atoms with Crippen molar-refractivity contribution in [2.24, 2.45) is 11.5 Å². The van der Waals surface area contributed by atoms with Crippen molar-refractivity contribution in [3.63, 3.8) is 0 Å². The lowest BCUT2D eigenvalue weighted by atomic mass is 10.5. The van der Waals surface area contributed by atoms with E-state index in [0.717, 1.165) is 0 Å². The Kier molecular flexibility index (Phi) is 5.78. The van der Waals surface area contributed by atoms with Crippen molar-refractivity contribution in [2.75, 3.05) is 39.3 Å². The second-order valence-electron chi connectivity index (χ2n) is 1.92. The summed E-state index contributed by atoms with van der Waals surface area (Å²) in [6.07, 6.45) is 0. The van der Waals surface area contributed by atoms with Gasteiger partial charge in [0.25, 0.3) is 0 Å². The summed E-state index contributed by atoms with van der Waals surface area (Å²) >= 11 is 0.